The van der Waals surface area contributed by atoms with Crippen LogP contribution < -0.4 is 21.5 Å². The Balaban J connectivity index is 1.58. The van der Waals surface area contributed by atoms with Crippen molar-refractivity contribution in [2.75, 3.05) is 24.6 Å². The number of amides is 1. The molecule has 1 amide bonds. The number of nitrogen functional groups attached to an aromatic ring is 1. The molecule has 4 rings (SSSR count). The lowest BCUT2D eigenvalue weighted by molar-refractivity contribution is -0.120. The van der Waals surface area contributed by atoms with Crippen molar-refractivity contribution in [2.45, 2.75) is 30.8 Å². The summed E-state index contributed by atoms with van der Waals surface area (Å²) in [6.45, 7) is 2.94. The summed E-state index contributed by atoms with van der Waals surface area (Å²) in [4.78, 5) is 24.6. The van der Waals surface area contributed by atoms with Gasteiger partial charge in [-0.1, -0.05) is 48.5 Å². The van der Waals surface area contributed by atoms with E-state index in [1.807, 2.05) is 31.2 Å². The standard InChI is InChI=1S/C21H22ClN5O2S/c1-2-16(28)24-7-4-8-30-21-26-19(25-20(23)27-21)18-14-6-3-5-12-10-29-11-13(17(12)14)9-15(18)22/h3,5-6,9-10,18H,2,4,7-8,11H2,1H3,(H,24,28)(H2,23,25,26,27). The summed E-state index contributed by atoms with van der Waals surface area (Å²) in [6.07, 6.45) is 5.01. The molecular weight excluding hydrogens is 422 g/mol. The summed E-state index contributed by atoms with van der Waals surface area (Å²) in [5.41, 5.74) is 8.08. The molecule has 0 spiro atoms. The molecule has 1 aliphatic heterocycles. The predicted molar refractivity (Wildman–Crippen MR) is 118 cm³/mol. The fourth-order valence-corrected chi connectivity index (χ4v) is 4.67. The number of aromatic nitrogens is 3. The van der Waals surface area contributed by atoms with E-state index in [0.717, 1.165) is 33.7 Å². The number of hydrogen-bond acceptors (Lipinski definition) is 7. The molecule has 30 heavy (non-hydrogen) atoms. The number of nitrogens with zero attached hydrogens (tertiary/aromatic N) is 3. The first-order valence-electron chi connectivity index (χ1n) is 9.78. The van der Waals surface area contributed by atoms with Gasteiger partial charge in [-0.15, -0.1) is 0 Å². The van der Waals surface area contributed by atoms with Crippen LogP contribution in [0.1, 0.15) is 37.1 Å². The van der Waals surface area contributed by atoms with Gasteiger partial charge in [-0.05, 0) is 28.9 Å². The Hall–Kier alpha value is -2.58. The van der Waals surface area contributed by atoms with Crippen molar-refractivity contribution < 1.29 is 9.53 Å². The molecule has 0 saturated heterocycles. The number of carbonyl (C=O) groups is 1. The number of hydrogen-bond donors (Lipinski definition) is 2. The highest BCUT2D eigenvalue weighted by atomic mass is 35.5. The van der Waals surface area contributed by atoms with Gasteiger partial charge in [-0.2, -0.15) is 9.97 Å². The van der Waals surface area contributed by atoms with Crippen molar-refractivity contribution in [3.05, 3.63) is 51.1 Å². The van der Waals surface area contributed by atoms with Crippen molar-refractivity contribution in [1.82, 2.24) is 20.3 Å². The van der Waals surface area contributed by atoms with E-state index in [1.165, 1.54) is 11.8 Å². The third-order valence-corrected chi connectivity index (χ3v) is 6.16. The van der Waals surface area contributed by atoms with Gasteiger partial charge >= 0.3 is 0 Å². The monoisotopic (exact) mass is 443 g/mol. The van der Waals surface area contributed by atoms with E-state index in [2.05, 4.69) is 20.3 Å². The minimum atomic E-state index is -0.301. The number of carbonyl (C=O) groups excluding carboxylic acids is 1. The fraction of sp³-hybridized carbons (Fsp3) is 0.333. The number of anilines is 1. The molecule has 156 valence electrons. The second-order valence-electron chi connectivity index (χ2n) is 6.97. The van der Waals surface area contributed by atoms with Crippen LogP contribution in [-0.4, -0.2) is 39.8 Å². The number of benzene rings is 1. The van der Waals surface area contributed by atoms with Crippen LogP contribution in [0.25, 0.3) is 11.8 Å². The van der Waals surface area contributed by atoms with E-state index in [-0.39, 0.29) is 17.8 Å². The largest absolute Gasteiger partial charge is 0.496 e. The number of halogens is 1. The summed E-state index contributed by atoms with van der Waals surface area (Å²) in [5, 5.41) is 6.18. The molecule has 7 nitrogen and oxygen atoms in total. The van der Waals surface area contributed by atoms with Gasteiger partial charge in [0.1, 0.15) is 12.4 Å². The van der Waals surface area contributed by atoms with Gasteiger partial charge in [0.15, 0.2) is 5.16 Å². The summed E-state index contributed by atoms with van der Waals surface area (Å²) < 4.78 is 5.55. The summed E-state index contributed by atoms with van der Waals surface area (Å²) >= 11 is 8.16. The first-order valence-corrected chi connectivity index (χ1v) is 11.1. The van der Waals surface area contributed by atoms with Crippen LogP contribution in [0.5, 0.6) is 0 Å². The molecule has 0 saturated carbocycles. The Labute approximate surface area is 183 Å². The molecule has 0 bridgehead atoms. The van der Waals surface area contributed by atoms with E-state index in [0.29, 0.717) is 35.6 Å². The zero-order chi connectivity index (χ0) is 21.1. The maximum Gasteiger partial charge on any atom is 0.224 e. The molecule has 9 heteroatoms. The SMILES string of the molecule is CCC(=O)NCCCSc1nc(N)nc(C2C(Cl)=CC3=c4c2cccc4=COC3)n1. The number of allylic oxidation sites excluding steroid dienone is 1. The second-order valence-corrected chi connectivity index (χ2v) is 8.47. The van der Waals surface area contributed by atoms with Gasteiger partial charge in [0.25, 0.3) is 0 Å². The molecule has 0 fully saturated rings. The van der Waals surface area contributed by atoms with Gasteiger partial charge in [0.2, 0.25) is 11.9 Å². The number of nitrogens with one attached hydrogen (secondary N) is 1. The molecule has 1 aliphatic carbocycles. The Morgan fingerprint density at radius 3 is 3.07 bits per heavy atom. The Morgan fingerprint density at radius 1 is 1.37 bits per heavy atom. The highest BCUT2D eigenvalue weighted by molar-refractivity contribution is 7.99. The van der Waals surface area contributed by atoms with E-state index in [1.54, 1.807) is 6.26 Å². The molecule has 0 radical (unpaired) electrons. The minimum absolute atomic E-state index is 0.0513. The maximum absolute atomic E-state index is 11.3. The van der Waals surface area contributed by atoms with Crippen molar-refractivity contribution in [2.24, 2.45) is 0 Å². The number of thioether (sulfide) groups is 1. The number of rotatable bonds is 7. The van der Waals surface area contributed by atoms with E-state index in [4.69, 9.17) is 22.1 Å². The number of nitrogens with two attached hydrogens (primary N) is 1. The lowest BCUT2D eigenvalue weighted by Gasteiger charge is -2.24. The Bertz CT molecular complexity index is 1130. The van der Waals surface area contributed by atoms with Gasteiger partial charge in [0, 0.05) is 29.0 Å². The van der Waals surface area contributed by atoms with Gasteiger partial charge < -0.3 is 15.8 Å². The fourth-order valence-electron chi connectivity index (χ4n) is 3.54. The zero-order valence-corrected chi connectivity index (χ0v) is 18.1. The average molecular weight is 444 g/mol. The molecule has 2 aromatic rings. The van der Waals surface area contributed by atoms with Crippen molar-refractivity contribution in [1.29, 1.82) is 0 Å². The van der Waals surface area contributed by atoms with Crippen LogP contribution in [-0.2, 0) is 9.53 Å². The topological polar surface area (TPSA) is 103 Å². The summed E-state index contributed by atoms with van der Waals surface area (Å²) in [6, 6.07) is 6.04. The van der Waals surface area contributed by atoms with Gasteiger partial charge in [0.05, 0.1) is 12.2 Å². The van der Waals surface area contributed by atoms with Crippen molar-refractivity contribution >= 4 is 47.1 Å². The van der Waals surface area contributed by atoms with E-state index in [9.17, 15) is 4.79 Å². The molecule has 2 aliphatic rings. The van der Waals surface area contributed by atoms with Crippen LogP contribution >= 0.6 is 23.4 Å². The third-order valence-electron chi connectivity index (χ3n) is 4.90. The van der Waals surface area contributed by atoms with Gasteiger partial charge in [-0.3, -0.25) is 4.79 Å². The summed E-state index contributed by atoms with van der Waals surface area (Å²) in [7, 11) is 0. The highest BCUT2D eigenvalue weighted by Gasteiger charge is 2.28. The van der Waals surface area contributed by atoms with Crippen LogP contribution in [0.4, 0.5) is 5.95 Å². The van der Waals surface area contributed by atoms with Gasteiger partial charge in [-0.25, -0.2) is 4.98 Å². The molecule has 3 N–H and O–H groups in total. The molecule has 1 aromatic carbocycles. The Kier molecular flexibility index (Phi) is 6.24. The van der Waals surface area contributed by atoms with E-state index >= 15 is 0 Å². The van der Waals surface area contributed by atoms with Crippen LogP contribution in [0.3, 0.4) is 0 Å². The lowest BCUT2D eigenvalue weighted by Crippen LogP contribution is -2.38. The zero-order valence-electron chi connectivity index (χ0n) is 16.5. The normalized spacial score (nSPS) is 16.8. The maximum atomic E-state index is 11.3. The predicted octanol–water partition coefficient (Wildman–Crippen LogP) is 1.65. The highest BCUT2D eigenvalue weighted by Crippen LogP contribution is 2.35. The minimum Gasteiger partial charge on any atom is -0.496 e. The lowest BCUT2D eigenvalue weighted by atomic mass is 9.87. The molecule has 1 atom stereocenters. The second kappa shape index (κ2) is 9.06. The van der Waals surface area contributed by atoms with Crippen LogP contribution in [0, 0.1) is 0 Å². The summed E-state index contributed by atoms with van der Waals surface area (Å²) in [5.74, 6) is 1.21. The third kappa shape index (κ3) is 4.29. The first-order chi connectivity index (χ1) is 14.6. The number of ether oxygens (including phenoxy) is 1. The smallest absolute Gasteiger partial charge is 0.224 e. The van der Waals surface area contributed by atoms with Crippen LogP contribution in [0.2, 0.25) is 0 Å². The average Bonchev–Trinajstić information content (AvgIpc) is 2.73. The molecule has 2 heterocycles. The first kappa shape index (κ1) is 20.7. The van der Waals surface area contributed by atoms with E-state index < -0.39 is 0 Å². The molecular formula is C21H22ClN5O2S. The molecule has 1 unspecified atom stereocenters. The quantitative estimate of drug-likeness (QED) is 0.495. The van der Waals surface area contributed by atoms with Crippen molar-refractivity contribution in [3.63, 3.8) is 0 Å². The van der Waals surface area contributed by atoms with Crippen LogP contribution in [0.15, 0.2) is 34.5 Å². The Morgan fingerprint density at radius 2 is 2.23 bits per heavy atom. The molecule has 1 aromatic heterocycles. The van der Waals surface area contributed by atoms with Crippen molar-refractivity contribution in [3.8, 4) is 0 Å².